The van der Waals surface area contributed by atoms with Crippen LogP contribution in [0.3, 0.4) is 0 Å². The van der Waals surface area contributed by atoms with Crippen LogP contribution >= 0.6 is 0 Å². The number of anilines is 2. The van der Waals surface area contributed by atoms with Gasteiger partial charge < -0.3 is 23.9 Å². The molecule has 0 spiro atoms. The molecule has 2 fully saturated rings. The molecule has 4 aliphatic heterocycles. The van der Waals surface area contributed by atoms with Gasteiger partial charge in [-0.25, -0.2) is 4.99 Å². The van der Waals surface area contributed by atoms with Gasteiger partial charge in [-0.05, 0) is 140 Å². The summed E-state index contributed by atoms with van der Waals surface area (Å²) in [4.78, 5) is 13.8. The molecule has 11 unspecified atom stereocenters. The molecule has 0 amide bonds. The number of furan rings is 1. The summed E-state index contributed by atoms with van der Waals surface area (Å²) >= 11 is 0. The first-order valence-electron chi connectivity index (χ1n) is 29.8. The van der Waals surface area contributed by atoms with E-state index in [9.17, 15) is 0 Å². The summed E-state index contributed by atoms with van der Waals surface area (Å²) in [6.07, 6.45) is 43.4. The summed E-state index contributed by atoms with van der Waals surface area (Å²) < 4.78 is 14.8. The van der Waals surface area contributed by atoms with Crippen LogP contribution in [0.15, 0.2) is 195 Å². The number of hydrogen-bond acceptors (Lipinski definition) is 7. The summed E-state index contributed by atoms with van der Waals surface area (Å²) in [6.45, 7) is 4.74. The predicted octanol–water partition coefficient (Wildman–Crippen LogP) is 13.8. The summed E-state index contributed by atoms with van der Waals surface area (Å²) in [5.74, 6) is 4.55. The fraction of sp³-hybridized carbons (Fsp3) is 0.366. The number of amidine groups is 1. The van der Waals surface area contributed by atoms with Crippen LogP contribution in [0.2, 0.25) is 0 Å². The van der Waals surface area contributed by atoms with Crippen molar-refractivity contribution in [1.29, 1.82) is 0 Å². The van der Waals surface area contributed by atoms with Gasteiger partial charge in [-0.15, -0.1) is 0 Å². The van der Waals surface area contributed by atoms with Gasteiger partial charge in [-0.3, -0.25) is 5.32 Å². The predicted molar refractivity (Wildman–Crippen MR) is 316 cm³/mol. The number of fused-ring (bicyclic) bond motifs is 11. The quantitative estimate of drug-likeness (QED) is 0.164. The number of likely N-dealkylation sites (N-methyl/N-ethyl adjacent to an activating group) is 1. The molecule has 7 aliphatic carbocycles. The van der Waals surface area contributed by atoms with Gasteiger partial charge in [0.05, 0.1) is 12.1 Å². The molecule has 13 atom stereocenters. The molecule has 1 saturated carbocycles. The van der Waals surface area contributed by atoms with E-state index in [1.54, 1.807) is 5.70 Å². The van der Waals surface area contributed by atoms with Crippen molar-refractivity contribution in [3.8, 4) is 11.1 Å². The van der Waals surface area contributed by atoms with E-state index in [1.807, 2.05) is 0 Å². The lowest BCUT2D eigenvalue weighted by molar-refractivity contribution is 0.102. The second kappa shape index (κ2) is 18.5. The van der Waals surface area contributed by atoms with E-state index in [2.05, 4.69) is 211 Å². The second-order valence-electron chi connectivity index (χ2n) is 24.6. The Morgan fingerprint density at radius 3 is 2.50 bits per heavy atom. The highest BCUT2D eigenvalue weighted by Gasteiger charge is 2.54. The number of para-hydroxylation sites is 3. The zero-order chi connectivity index (χ0) is 51.8. The summed E-state index contributed by atoms with van der Waals surface area (Å²) in [5, 5.41) is 6.43. The Balaban J connectivity index is 0.849. The van der Waals surface area contributed by atoms with Crippen molar-refractivity contribution in [2.24, 2.45) is 34.6 Å². The van der Waals surface area contributed by atoms with Crippen LogP contribution in [0.25, 0.3) is 34.2 Å². The van der Waals surface area contributed by atoms with E-state index < -0.39 is 0 Å². The molecule has 1 N–H and O–H groups in total. The largest absolute Gasteiger partial charge is 0.489 e. The maximum absolute atomic E-state index is 7.50. The van der Waals surface area contributed by atoms with Gasteiger partial charge in [0, 0.05) is 80.8 Å². The molecule has 1 aromatic heterocycles. The van der Waals surface area contributed by atoms with E-state index >= 15 is 0 Å². The number of hydrogen-bond donors (Lipinski definition) is 1. The highest BCUT2D eigenvalue weighted by molar-refractivity contribution is 6.08. The molecule has 392 valence electrons. The van der Waals surface area contributed by atoms with Gasteiger partial charge in [0.25, 0.3) is 0 Å². The number of ether oxygens (including phenoxy) is 1. The zero-order valence-corrected chi connectivity index (χ0v) is 45.3. The van der Waals surface area contributed by atoms with Gasteiger partial charge >= 0.3 is 0 Å². The first-order chi connectivity index (χ1) is 38.4. The van der Waals surface area contributed by atoms with Crippen molar-refractivity contribution in [3.05, 3.63) is 213 Å². The number of rotatable bonds is 7. The van der Waals surface area contributed by atoms with E-state index in [0.717, 1.165) is 82.7 Å². The molecule has 0 bridgehead atoms. The van der Waals surface area contributed by atoms with Crippen molar-refractivity contribution in [2.75, 3.05) is 11.9 Å². The Kier molecular flexibility index (Phi) is 11.1. The third-order valence-corrected chi connectivity index (χ3v) is 20.4. The minimum atomic E-state index is -0.108. The number of benzene rings is 4. The lowest BCUT2D eigenvalue weighted by Gasteiger charge is -2.43. The van der Waals surface area contributed by atoms with Crippen LogP contribution in [-0.4, -0.2) is 59.2 Å². The molecule has 7 nitrogen and oxygen atoms in total. The van der Waals surface area contributed by atoms with Crippen LogP contribution < -0.4 is 20.9 Å². The first-order valence-corrected chi connectivity index (χ1v) is 29.8. The minimum absolute atomic E-state index is 0.0287. The Hall–Kier alpha value is -7.09. The normalized spacial score (nSPS) is 32.9. The third-order valence-electron chi connectivity index (χ3n) is 20.4. The fourth-order valence-corrected chi connectivity index (χ4v) is 16.7. The molecule has 5 aromatic rings. The lowest BCUT2D eigenvalue weighted by Crippen LogP contribution is -2.58. The maximum atomic E-state index is 7.50. The third kappa shape index (κ3) is 7.28. The molecule has 4 aromatic carbocycles. The maximum Gasteiger partial charge on any atom is 0.143 e. The Morgan fingerprint density at radius 2 is 1.63 bits per heavy atom. The SMILES string of the molecule is CC1C=CC2=C(OC3C[C@@H]4C(C=C23)N(C2=CC=CCC2)C2CCCC[C@@H]24)C1c1ccc(-c2cccc3c4c(oc23)=CC2c3ccccc3N(c3ccccc3)C2C=4)c(C2=NC(C3C=CC=CC3C)NC(C3=CCCC3)N2C)c1. The lowest BCUT2D eigenvalue weighted by atomic mass is 9.72. The molecule has 78 heavy (non-hydrogen) atoms. The molecule has 1 saturated heterocycles. The highest BCUT2D eigenvalue weighted by atomic mass is 16.5. The molecular weight excluding hydrogens is 955 g/mol. The Labute approximate surface area is 459 Å². The van der Waals surface area contributed by atoms with Gasteiger partial charge in [-0.1, -0.05) is 154 Å². The molecule has 16 rings (SSSR count). The van der Waals surface area contributed by atoms with E-state index in [-0.39, 0.29) is 48.1 Å². The second-order valence-corrected chi connectivity index (χ2v) is 24.6. The van der Waals surface area contributed by atoms with Gasteiger partial charge in [0.1, 0.15) is 41.0 Å². The van der Waals surface area contributed by atoms with Crippen LogP contribution in [0, 0.1) is 29.6 Å². The monoisotopic (exact) mass is 1030 g/mol. The summed E-state index contributed by atoms with van der Waals surface area (Å²) in [6, 6.07) is 35.1. The topological polar surface area (TPSA) is 56.5 Å². The molecular formula is C71H71N5O2. The van der Waals surface area contributed by atoms with Crippen molar-refractivity contribution in [1.82, 2.24) is 15.1 Å². The number of likely N-dealkylation sites (tertiary alicyclic amines) is 1. The van der Waals surface area contributed by atoms with Crippen LogP contribution in [0.4, 0.5) is 11.4 Å². The van der Waals surface area contributed by atoms with Gasteiger partial charge in [0.15, 0.2) is 0 Å². The standard InChI is InChI=1S/C71H71N5O2/c1-42-19-10-13-26-48(42)69-72-70(44-20-11-12-21-44)74(3)71(73-69)59-37-45(66-43(2)33-35-54-58-39-63-56(41-65(58)78-68(54)66)51-28-15-17-32-61(51)76(63)47-24-8-5-9-25-47)34-36-49(59)52-29-18-30-53-57-38-62-55(40-64(57)77-67(52)53)50-27-14-16-31-60(50)75(62)46-22-6-4-7-23-46/h4-8,10,13-14,16,18-20,22-24,26-27,29-31,33-40,42-43,48,51,55-56,61-63,65-66,69-70,72H,9,11-12,15,17,21,25,28,32,41H2,1-3H3/t42?,43?,48?,51-,55?,56+,61?,62?,63?,65?,66?,69?,70?/m1/s1. The van der Waals surface area contributed by atoms with E-state index in [0.29, 0.717) is 23.9 Å². The molecule has 11 aliphatic rings. The van der Waals surface area contributed by atoms with Crippen molar-refractivity contribution < 1.29 is 9.15 Å². The Bertz CT molecular complexity index is 3710. The number of aliphatic imine (C=N–C) groups is 1. The van der Waals surface area contributed by atoms with E-state index in [1.165, 1.54) is 76.5 Å². The van der Waals surface area contributed by atoms with E-state index in [4.69, 9.17) is 14.1 Å². The Morgan fingerprint density at radius 1 is 0.744 bits per heavy atom. The van der Waals surface area contributed by atoms with Crippen LogP contribution in [-0.2, 0) is 4.74 Å². The van der Waals surface area contributed by atoms with Gasteiger partial charge in [0.2, 0.25) is 0 Å². The van der Waals surface area contributed by atoms with Crippen LogP contribution in [0.5, 0.6) is 0 Å². The van der Waals surface area contributed by atoms with Crippen molar-refractivity contribution >= 4 is 40.3 Å². The molecule has 5 heterocycles. The highest BCUT2D eigenvalue weighted by Crippen LogP contribution is 2.56. The number of allylic oxidation sites excluding steroid dienone is 11. The van der Waals surface area contributed by atoms with Crippen molar-refractivity contribution in [2.45, 2.75) is 126 Å². The number of nitrogens with zero attached hydrogens (tertiary/aromatic N) is 4. The van der Waals surface area contributed by atoms with Crippen molar-refractivity contribution in [3.63, 3.8) is 0 Å². The van der Waals surface area contributed by atoms with Crippen LogP contribution in [0.1, 0.15) is 107 Å². The van der Waals surface area contributed by atoms with Gasteiger partial charge in [-0.2, -0.15) is 0 Å². The smallest absolute Gasteiger partial charge is 0.143 e. The molecule has 0 radical (unpaired) electrons. The number of nitrogens with one attached hydrogen (secondary N) is 1. The average molecular weight is 1030 g/mol. The molecule has 7 heteroatoms. The average Bonchev–Trinajstić information content (AvgIpc) is 4.48. The fourth-order valence-electron chi connectivity index (χ4n) is 16.7. The summed E-state index contributed by atoms with van der Waals surface area (Å²) in [7, 11) is 2.27. The first kappa shape index (κ1) is 47.0. The minimum Gasteiger partial charge on any atom is -0.489 e. The zero-order valence-electron chi connectivity index (χ0n) is 45.3. The summed E-state index contributed by atoms with van der Waals surface area (Å²) in [5.41, 5.74) is 16.1.